The summed E-state index contributed by atoms with van der Waals surface area (Å²) in [5.41, 5.74) is 2.14. The fourth-order valence-electron chi connectivity index (χ4n) is 4.09. The maximum atomic E-state index is 12.7. The number of amides is 1. The molecule has 1 aliphatic heterocycles. The van der Waals surface area contributed by atoms with Gasteiger partial charge in [0.25, 0.3) is 0 Å². The molecule has 0 spiro atoms. The van der Waals surface area contributed by atoms with E-state index < -0.39 is 0 Å². The number of carbonyl (C=O) groups excluding carboxylic acids is 1. The van der Waals surface area contributed by atoms with Gasteiger partial charge in [-0.15, -0.1) is 0 Å². The summed E-state index contributed by atoms with van der Waals surface area (Å²) < 4.78 is 0. The molecule has 0 N–H and O–H groups in total. The van der Waals surface area contributed by atoms with Crippen molar-refractivity contribution in [3.05, 3.63) is 36.0 Å². The van der Waals surface area contributed by atoms with Crippen molar-refractivity contribution in [1.82, 2.24) is 9.88 Å². The number of benzene rings is 1. The number of anilines is 1. The predicted octanol–water partition coefficient (Wildman–Crippen LogP) is 2.95. The number of fused-ring (bicyclic) bond motifs is 1. The third-order valence-corrected chi connectivity index (χ3v) is 5.42. The fourth-order valence-corrected chi connectivity index (χ4v) is 4.09. The number of carbonyl (C=O) groups is 1. The smallest absolute Gasteiger partial charge is 0.242 e. The highest BCUT2D eigenvalue weighted by Gasteiger charge is 2.28. The van der Waals surface area contributed by atoms with Gasteiger partial charge in [0.05, 0.1) is 12.1 Å². The summed E-state index contributed by atoms with van der Waals surface area (Å²) in [6.07, 6.45) is 5.12. The van der Waals surface area contributed by atoms with Crippen molar-refractivity contribution in [3.63, 3.8) is 0 Å². The van der Waals surface area contributed by atoms with Gasteiger partial charge in [-0.2, -0.15) is 5.26 Å². The predicted molar refractivity (Wildman–Crippen MR) is 97.2 cm³/mol. The molecule has 1 aromatic carbocycles. The van der Waals surface area contributed by atoms with E-state index in [0.717, 1.165) is 36.2 Å². The number of pyridine rings is 1. The summed E-state index contributed by atoms with van der Waals surface area (Å²) >= 11 is 0. The van der Waals surface area contributed by atoms with Gasteiger partial charge in [-0.1, -0.05) is 31.0 Å². The second-order valence-electron chi connectivity index (χ2n) is 7.07. The molecular formula is C20H22N4O. The van der Waals surface area contributed by atoms with Crippen molar-refractivity contribution >= 4 is 22.5 Å². The Balaban J connectivity index is 1.56. The van der Waals surface area contributed by atoms with Gasteiger partial charge in [-0.05, 0) is 30.9 Å². The van der Waals surface area contributed by atoms with E-state index in [4.69, 9.17) is 0 Å². The molecule has 0 atom stereocenters. The molecule has 0 bridgehead atoms. The van der Waals surface area contributed by atoms with Gasteiger partial charge < -0.3 is 9.80 Å². The Morgan fingerprint density at radius 2 is 2.00 bits per heavy atom. The van der Waals surface area contributed by atoms with Crippen LogP contribution in [-0.4, -0.2) is 42.0 Å². The number of nitrogens with zero attached hydrogens (tertiary/aromatic N) is 4. The van der Waals surface area contributed by atoms with Crippen LogP contribution in [0.5, 0.6) is 0 Å². The first-order valence-electron chi connectivity index (χ1n) is 9.07. The van der Waals surface area contributed by atoms with E-state index in [1.165, 1.54) is 25.7 Å². The van der Waals surface area contributed by atoms with E-state index in [1.807, 2.05) is 35.2 Å². The highest BCUT2D eigenvalue weighted by atomic mass is 16.2. The summed E-state index contributed by atoms with van der Waals surface area (Å²) in [7, 11) is 0. The first kappa shape index (κ1) is 15.9. The minimum absolute atomic E-state index is 0.192. The van der Waals surface area contributed by atoms with Crippen LogP contribution in [0.25, 0.3) is 10.9 Å². The summed E-state index contributed by atoms with van der Waals surface area (Å²) in [6.45, 7) is 2.85. The molecule has 2 heterocycles. The first-order valence-corrected chi connectivity index (χ1v) is 9.07. The van der Waals surface area contributed by atoms with E-state index in [0.29, 0.717) is 18.2 Å². The monoisotopic (exact) mass is 334 g/mol. The lowest BCUT2D eigenvalue weighted by Gasteiger charge is -2.37. The van der Waals surface area contributed by atoms with Crippen molar-refractivity contribution in [2.24, 2.45) is 5.92 Å². The number of nitriles is 1. The maximum Gasteiger partial charge on any atom is 0.242 e. The SMILES string of the molecule is N#Cc1cc(N2CCN(CC3CCCC3)C(=O)C2)c2ccccc2n1. The number of rotatable bonds is 3. The Bertz CT molecular complexity index is 835. The zero-order valence-electron chi connectivity index (χ0n) is 14.3. The molecule has 2 aromatic rings. The Kier molecular flexibility index (Phi) is 4.27. The lowest BCUT2D eigenvalue weighted by atomic mass is 10.1. The number of piperazine rings is 1. The fraction of sp³-hybridized carbons (Fsp3) is 0.450. The van der Waals surface area contributed by atoms with E-state index in [9.17, 15) is 10.1 Å². The van der Waals surface area contributed by atoms with Gasteiger partial charge in [-0.25, -0.2) is 4.98 Å². The summed E-state index contributed by atoms with van der Waals surface area (Å²) in [5.74, 6) is 0.875. The molecular weight excluding hydrogens is 312 g/mol. The third-order valence-electron chi connectivity index (χ3n) is 5.42. The van der Waals surface area contributed by atoms with Crippen LogP contribution in [0.2, 0.25) is 0 Å². The van der Waals surface area contributed by atoms with Crippen LogP contribution in [0, 0.1) is 17.2 Å². The number of para-hydroxylation sites is 1. The molecule has 1 amide bonds. The molecule has 1 saturated heterocycles. The van der Waals surface area contributed by atoms with Gasteiger partial charge >= 0.3 is 0 Å². The molecule has 1 aliphatic carbocycles. The average molecular weight is 334 g/mol. The number of hydrogen-bond acceptors (Lipinski definition) is 4. The van der Waals surface area contributed by atoms with E-state index >= 15 is 0 Å². The zero-order valence-corrected chi connectivity index (χ0v) is 14.3. The average Bonchev–Trinajstić information content (AvgIpc) is 3.15. The molecule has 0 unspecified atom stereocenters. The van der Waals surface area contributed by atoms with Crippen LogP contribution >= 0.6 is 0 Å². The standard InChI is InChI=1S/C20H22N4O/c21-12-16-11-19(17-7-3-4-8-18(17)22-16)23-9-10-24(20(25)14-23)13-15-5-1-2-6-15/h3-4,7-8,11,15H,1-2,5-6,9-10,13-14H2. The van der Waals surface area contributed by atoms with Crippen molar-refractivity contribution in [2.45, 2.75) is 25.7 Å². The summed E-state index contributed by atoms with van der Waals surface area (Å²) in [6, 6.07) is 11.8. The molecule has 2 fully saturated rings. The van der Waals surface area contributed by atoms with Gasteiger partial charge in [0.1, 0.15) is 11.8 Å². The molecule has 4 rings (SSSR count). The second-order valence-corrected chi connectivity index (χ2v) is 7.07. The Morgan fingerprint density at radius 1 is 1.20 bits per heavy atom. The van der Waals surface area contributed by atoms with Gasteiger partial charge in [-0.3, -0.25) is 4.79 Å². The lowest BCUT2D eigenvalue weighted by Crippen LogP contribution is -2.51. The van der Waals surface area contributed by atoms with Crippen molar-refractivity contribution in [1.29, 1.82) is 5.26 Å². The molecule has 2 aliphatic rings. The van der Waals surface area contributed by atoms with E-state index in [2.05, 4.69) is 16.0 Å². The molecule has 5 nitrogen and oxygen atoms in total. The Morgan fingerprint density at radius 3 is 2.76 bits per heavy atom. The van der Waals surface area contributed by atoms with Crippen LogP contribution in [-0.2, 0) is 4.79 Å². The van der Waals surface area contributed by atoms with Crippen LogP contribution in [0.4, 0.5) is 5.69 Å². The molecule has 5 heteroatoms. The van der Waals surface area contributed by atoms with Gasteiger partial charge in [0, 0.05) is 30.7 Å². The summed E-state index contributed by atoms with van der Waals surface area (Å²) in [4.78, 5) is 21.2. The highest BCUT2D eigenvalue weighted by molar-refractivity contribution is 5.94. The molecule has 1 aromatic heterocycles. The topological polar surface area (TPSA) is 60.2 Å². The largest absolute Gasteiger partial charge is 0.360 e. The quantitative estimate of drug-likeness (QED) is 0.866. The van der Waals surface area contributed by atoms with E-state index in [-0.39, 0.29) is 5.91 Å². The molecule has 0 radical (unpaired) electrons. The van der Waals surface area contributed by atoms with Crippen LogP contribution in [0.1, 0.15) is 31.4 Å². The molecule has 1 saturated carbocycles. The summed E-state index contributed by atoms with van der Waals surface area (Å²) in [5, 5.41) is 10.3. The lowest BCUT2D eigenvalue weighted by molar-refractivity contribution is -0.131. The minimum Gasteiger partial charge on any atom is -0.360 e. The second kappa shape index (κ2) is 6.72. The highest BCUT2D eigenvalue weighted by Crippen LogP contribution is 2.29. The number of aromatic nitrogens is 1. The third kappa shape index (κ3) is 3.17. The zero-order chi connectivity index (χ0) is 17.2. The molecule has 128 valence electrons. The maximum absolute atomic E-state index is 12.7. The van der Waals surface area contributed by atoms with Crippen LogP contribution in [0.3, 0.4) is 0 Å². The Labute approximate surface area is 147 Å². The Hall–Kier alpha value is -2.61. The van der Waals surface area contributed by atoms with Gasteiger partial charge in [0.15, 0.2) is 0 Å². The number of hydrogen-bond donors (Lipinski definition) is 0. The van der Waals surface area contributed by atoms with E-state index in [1.54, 1.807) is 0 Å². The first-order chi connectivity index (χ1) is 12.2. The van der Waals surface area contributed by atoms with Crippen molar-refractivity contribution in [3.8, 4) is 6.07 Å². The normalized spacial score (nSPS) is 18.8. The molecule has 25 heavy (non-hydrogen) atoms. The van der Waals surface area contributed by atoms with Crippen molar-refractivity contribution < 1.29 is 4.79 Å². The minimum atomic E-state index is 0.192. The van der Waals surface area contributed by atoms with Gasteiger partial charge in [0.2, 0.25) is 5.91 Å². The van der Waals surface area contributed by atoms with Crippen LogP contribution in [0.15, 0.2) is 30.3 Å². The van der Waals surface area contributed by atoms with Crippen LogP contribution < -0.4 is 4.90 Å². The van der Waals surface area contributed by atoms with Crippen molar-refractivity contribution in [2.75, 3.05) is 31.1 Å².